The summed E-state index contributed by atoms with van der Waals surface area (Å²) < 4.78 is 30.5. The lowest BCUT2D eigenvalue weighted by Crippen LogP contribution is -2.41. The van der Waals surface area contributed by atoms with Crippen LogP contribution >= 0.6 is 0 Å². The number of hydrogen-bond donors (Lipinski definition) is 1. The first-order chi connectivity index (χ1) is 12.9. The third-order valence-corrected chi connectivity index (χ3v) is 4.57. The lowest BCUT2D eigenvalue weighted by molar-refractivity contribution is -0.143. The molecular weight excluding hydrogens is 356 g/mol. The van der Waals surface area contributed by atoms with Crippen molar-refractivity contribution in [2.24, 2.45) is 0 Å². The minimum absolute atomic E-state index is 0.0382. The maximum absolute atomic E-state index is 12.6. The molecule has 0 atom stereocenters. The van der Waals surface area contributed by atoms with Gasteiger partial charge in [-0.15, -0.1) is 0 Å². The number of hydrogen-bond acceptors (Lipinski definition) is 4. The zero-order chi connectivity index (χ0) is 19.8. The van der Waals surface area contributed by atoms with Crippen molar-refractivity contribution < 1.29 is 23.1 Å². The lowest BCUT2D eigenvalue weighted by Gasteiger charge is -2.32. The third-order valence-electron chi connectivity index (χ3n) is 4.57. The Kier molecular flexibility index (Phi) is 8.09. The second kappa shape index (κ2) is 10.3. The van der Waals surface area contributed by atoms with E-state index in [1.54, 1.807) is 12.1 Å². The molecule has 1 aliphatic heterocycles. The number of rotatable bonds is 8. The van der Waals surface area contributed by atoms with Crippen LogP contribution in [0.3, 0.4) is 0 Å². The van der Waals surface area contributed by atoms with E-state index in [0.717, 1.165) is 12.1 Å². The summed E-state index contributed by atoms with van der Waals surface area (Å²) in [6.45, 7) is 5.87. The van der Waals surface area contributed by atoms with Crippen molar-refractivity contribution in [2.75, 3.05) is 32.8 Å². The molecule has 2 rings (SSSR count). The number of carbonyl (C=O) groups is 2. The van der Waals surface area contributed by atoms with Gasteiger partial charge in [0.25, 0.3) is 11.8 Å². The molecule has 0 spiro atoms. The monoisotopic (exact) mass is 383 g/mol. The Bertz CT molecular complexity index is 647. The normalized spacial score (nSPS) is 15.2. The van der Waals surface area contributed by atoms with Crippen LogP contribution in [0.15, 0.2) is 12.1 Å². The quantitative estimate of drug-likeness (QED) is 0.701. The first-order valence-electron chi connectivity index (χ1n) is 9.34. The van der Waals surface area contributed by atoms with Gasteiger partial charge >= 0.3 is 6.43 Å². The average Bonchev–Trinajstić information content (AvgIpc) is 2.67. The van der Waals surface area contributed by atoms with E-state index in [-0.39, 0.29) is 24.9 Å². The zero-order valence-electron chi connectivity index (χ0n) is 15.8. The number of nitrogens with zero attached hydrogens (tertiary/aromatic N) is 2. The Hall–Kier alpha value is -2.09. The number of alkyl halides is 2. The van der Waals surface area contributed by atoms with E-state index in [2.05, 4.69) is 10.3 Å². The van der Waals surface area contributed by atoms with Gasteiger partial charge in [-0.3, -0.25) is 14.6 Å². The maximum Gasteiger partial charge on any atom is 0.315 e. The molecule has 27 heavy (non-hydrogen) atoms. The van der Waals surface area contributed by atoms with E-state index in [0.29, 0.717) is 43.9 Å². The summed E-state index contributed by atoms with van der Waals surface area (Å²) in [6, 6.07) is 3.53. The number of halogens is 2. The van der Waals surface area contributed by atoms with Gasteiger partial charge in [0.15, 0.2) is 0 Å². The molecule has 1 saturated heterocycles. The molecule has 0 saturated carbocycles. The molecule has 2 amide bonds. The summed E-state index contributed by atoms with van der Waals surface area (Å²) in [7, 11) is 0. The second-order valence-corrected chi connectivity index (χ2v) is 6.65. The average molecular weight is 383 g/mol. The van der Waals surface area contributed by atoms with Crippen molar-refractivity contribution in [1.82, 2.24) is 15.2 Å². The molecule has 2 heterocycles. The lowest BCUT2D eigenvalue weighted by atomic mass is 9.89. The van der Waals surface area contributed by atoms with Crippen LogP contribution < -0.4 is 5.32 Å². The van der Waals surface area contributed by atoms with Crippen molar-refractivity contribution >= 4 is 11.8 Å². The summed E-state index contributed by atoms with van der Waals surface area (Å²) in [5.41, 5.74) is 1.96. The highest BCUT2D eigenvalue weighted by Crippen LogP contribution is 2.30. The topological polar surface area (TPSA) is 71.5 Å². The highest BCUT2D eigenvalue weighted by atomic mass is 19.3. The Balaban J connectivity index is 2.01. The Morgan fingerprint density at radius 2 is 2.00 bits per heavy atom. The van der Waals surface area contributed by atoms with E-state index in [4.69, 9.17) is 4.74 Å². The molecule has 6 nitrogen and oxygen atoms in total. The fraction of sp³-hybridized carbons (Fsp3) is 0.632. The van der Waals surface area contributed by atoms with E-state index < -0.39 is 12.3 Å². The van der Waals surface area contributed by atoms with E-state index in [1.165, 1.54) is 4.90 Å². The first-order valence-corrected chi connectivity index (χ1v) is 9.34. The van der Waals surface area contributed by atoms with Crippen molar-refractivity contribution in [3.63, 3.8) is 0 Å². The molecule has 1 fully saturated rings. The number of aryl methyl sites for hydroxylation is 1. The molecule has 0 aliphatic carbocycles. The number of carbonyl (C=O) groups excluding carboxylic acids is 2. The number of piperidine rings is 1. The maximum atomic E-state index is 12.6. The second-order valence-electron chi connectivity index (χ2n) is 6.65. The minimum Gasteiger partial charge on any atom is -0.380 e. The summed E-state index contributed by atoms with van der Waals surface area (Å²) in [6.07, 6.45) is -1.04. The van der Waals surface area contributed by atoms with Crippen LogP contribution in [0.5, 0.6) is 0 Å². The zero-order valence-corrected chi connectivity index (χ0v) is 15.8. The molecule has 1 aromatic heterocycles. The molecular formula is C19H27F2N3O3. The smallest absolute Gasteiger partial charge is 0.315 e. The van der Waals surface area contributed by atoms with Crippen molar-refractivity contribution in [2.45, 2.75) is 45.5 Å². The number of amides is 2. The van der Waals surface area contributed by atoms with Gasteiger partial charge in [-0.25, -0.2) is 0 Å². The third kappa shape index (κ3) is 5.95. The van der Waals surface area contributed by atoms with Crippen LogP contribution in [0.4, 0.5) is 8.78 Å². The number of likely N-dealkylation sites (tertiary alicyclic amines) is 1. The van der Waals surface area contributed by atoms with Crippen molar-refractivity contribution in [1.29, 1.82) is 0 Å². The van der Waals surface area contributed by atoms with Crippen LogP contribution in [0.2, 0.25) is 0 Å². The fourth-order valence-electron chi connectivity index (χ4n) is 3.17. The van der Waals surface area contributed by atoms with E-state index >= 15 is 0 Å². The molecule has 0 unspecified atom stereocenters. The summed E-state index contributed by atoms with van der Waals surface area (Å²) in [4.78, 5) is 29.7. The van der Waals surface area contributed by atoms with E-state index in [1.807, 2.05) is 13.8 Å². The SMILES string of the molecule is CCCOCCNC(=O)c1ccc(C)nc1C1CCN(C(=O)C(F)F)CC1. The first kappa shape index (κ1) is 21.2. The van der Waals surface area contributed by atoms with Crippen LogP contribution in [0.1, 0.15) is 53.8 Å². The van der Waals surface area contributed by atoms with Crippen molar-refractivity contribution in [3.05, 3.63) is 29.1 Å². The van der Waals surface area contributed by atoms with Gasteiger partial charge in [0.1, 0.15) is 0 Å². The number of nitrogens with one attached hydrogen (secondary N) is 1. The van der Waals surface area contributed by atoms with Gasteiger partial charge in [-0.2, -0.15) is 8.78 Å². The molecule has 0 bridgehead atoms. The summed E-state index contributed by atoms with van der Waals surface area (Å²) >= 11 is 0. The molecule has 1 aliphatic rings. The highest BCUT2D eigenvalue weighted by Gasteiger charge is 2.30. The predicted molar refractivity (Wildman–Crippen MR) is 97.0 cm³/mol. The predicted octanol–water partition coefficient (Wildman–Crippen LogP) is 2.52. The summed E-state index contributed by atoms with van der Waals surface area (Å²) in [5, 5.41) is 2.83. The fourth-order valence-corrected chi connectivity index (χ4v) is 3.17. The Labute approximate surface area is 158 Å². The van der Waals surface area contributed by atoms with Gasteiger partial charge in [-0.05, 0) is 38.3 Å². The van der Waals surface area contributed by atoms with Gasteiger partial charge in [-0.1, -0.05) is 6.92 Å². The molecule has 1 aromatic rings. The molecule has 150 valence electrons. The van der Waals surface area contributed by atoms with Gasteiger partial charge < -0.3 is 15.0 Å². The van der Waals surface area contributed by atoms with Crippen LogP contribution in [0, 0.1) is 6.92 Å². The van der Waals surface area contributed by atoms with Crippen LogP contribution in [-0.4, -0.2) is 61.0 Å². The minimum atomic E-state index is -2.98. The Morgan fingerprint density at radius 1 is 1.30 bits per heavy atom. The Morgan fingerprint density at radius 3 is 2.63 bits per heavy atom. The van der Waals surface area contributed by atoms with Crippen LogP contribution in [-0.2, 0) is 9.53 Å². The van der Waals surface area contributed by atoms with Crippen LogP contribution in [0.25, 0.3) is 0 Å². The molecule has 1 N–H and O–H groups in total. The van der Waals surface area contributed by atoms with Gasteiger partial charge in [0, 0.05) is 37.9 Å². The van der Waals surface area contributed by atoms with Gasteiger partial charge in [0.2, 0.25) is 0 Å². The van der Waals surface area contributed by atoms with Gasteiger partial charge in [0.05, 0.1) is 17.9 Å². The largest absolute Gasteiger partial charge is 0.380 e. The highest BCUT2D eigenvalue weighted by molar-refractivity contribution is 5.95. The molecule has 0 aromatic carbocycles. The number of ether oxygens (including phenoxy) is 1. The van der Waals surface area contributed by atoms with Crippen molar-refractivity contribution in [3.8, 4) is 0 Å². The number of pyridine rings is 1. The standard InChI is InChI=1S/C19H27F2N3O3/c1-3-11-27-12-8-22-18(25)15-5-4-13(2)23-16(15)14-6-9-24(10-7-14)19(26)17(20)21/h4-5,14,17H,3,6-12H2,1-2H3,(H,22,25). The number of aromatic nitrogens is 1. The molecule has 0 radical (unpaired) electrons. The molecule has 8 heteroatoms. The van der Waals surface area contributed by atoms with E-state index in [9.17, 15) is 18.4 Å². The summed E-state index contributed by atoms with van der Waals surface area (Å²) in [5.74, 6) is -1.39.